The summed E-state index contributed by atoms with van der Waals surface area (Å²) in [7, 11) is 0. The zero-order valence-electron chi connectivity index (χ0n) is 23.6. The number of fused-ring (bicyclic) bond motifs is 2. The molecule has 40 heavy (non-hydrogen) atoms. The van der Waals surface area contributed by atoms with E-state index in [1.54, 1.807) is 53.7 Å². The van der Waals surface area contributed by atoms with Crippen LogP contribution in [0.4, 0.5) is 4.79 Å². The van der Waals surface area contributed by atoms with Gasteiger partial charge in [0.1, 0.15) is 34.4 Å². The van der Waals surface area contributed by atoms with Gasteiger partial charge < -0.3 is 20.1 Å². The number of β-lactam (4-membered cyclic amide) rings is 1. The van der Waals surface area contributed by atoms with Gasteiger partial charge in [-0.1, -0.05) is 49.1 Å². The van der Waals surface area contributed by atoms with Gasteiger partial charge in [-0.2, -0.15) is 0 Å². The molecule has 1 saturated heterocycles. The Kier molecular flexibility index (Phi) is 8.03. The van der Waals surface area contributed by atoms with Crippen LogP contribution in [0.5, 0.6) is 0 Å². The second-order valence-electron chi connectivity index (χ2n) is 11.7. The van der Waals surface area contributed by atoms with Crippen molar-refractivity contribution in [1.82, 2.24) is 15.5 Å². The second kappa shape index (κ2) is 11.0. The fraction of sp³-hybridized carbons (Fsp3) is 0.400. The molecule has 4 rings (SSSR count). The van der Waals surface area contributed by atoms with Gasteiger partial charge in [0, 0.05) is 5.75 Å². The number of alkyl carbamates (subject to hydrolysis) is 1. The number of carbonyl (C=O) groups is 4. The predicted molar refractivity (Wildman–Crippen MR) is 154 cm³/mol. The molecule has 2 aliphatic heterocycles. The highest BCUT2D eigenvalue weighted by Crippen LogP contribution is 2.41. The lowest BCUT2D eigenvalue weighted by atomic mass is 9.99. The Morgan fingerprint density at radius 2 is 1.68 bits per heavy atom. The maximum absolute atomic E-state index is 13.6. The molecule has 2 heterocycles. The highest BCUT2D eigenvalue weighted by atomic mass is 32.2. The van der Waals surface area contributed by atoms with Crippen LogP contribution in [0.2, 0.25) is 0 Å². The summed E-state index contributed by atoms with van der Waals surface area (Å²) in [4.78, 5) is 54.0. The van der Waals surface area contributed by atoms with Gasteiger partial charge in [-0.3, -0.25) is 14.5 Å². The lowest BCUT2D eigenvalue weighted by molar-refractivity contribution is -0.159. The number of nitrogens with one attached hydrogen (secondary N) is 2. The van der Waals surface area contributed by atoms with Crippen molar-refractivity contribution < 1.29 is 28.7 Å². The summed E-state index contributed by atoms with van der Waals surface area (Å²) < 4.78 is 11.0. The molecule has 1 fully saturated rings. The zero-order chi connectivity index (χ0) is 29.4. The molecular formula is C30H35N3O6S. The number of hydrogen-bond donors (Lipinski definition) is 2. The van der Waals surface area contributed by atoms with E-state index in [4.69, 9.17) is 9.47 Å². The molecule has 0 saturated carbocycles. The molecule has 3 atom stereocenters. The molecule has 0 aliphatic carbocycles. The summed E-state index contributed by atoms with van der Waals surface area (Å²) in [5.41, 5.74) is -0.259. The first-order valence-corrected chi connectivity index (χ1v) is 14.1. The average Bonchev–Trinajstić information content (AvgIpc) is 2.86. The first-order chi connectivity index (χ1) is 18.7. The molecule has 0 aromatic heterocycles. The normalized spacial score (nSPS) is 19.8. The smallest absolute Gasteiger partial charge is 0.408 e. The van der Waals surface area contributed by atoms with Gasteiger partial charge in [0.05, 0.1) is 0 Å². The van der Waals surface area contributed by atoms with E-state index >= 15 is 0 Å². The second-order valence-corrected chi connectivity index (χ2v) is 12.8. The first kappa shape index (κ1) is 29.2. The van der Waals surface area contributed by atoms with Gasteiger partial charge in [0.15, 0.2) is 0 Å². The van der Waals surface area contributed by atoms with Crippen LogP contribution in [-0.4, -0.2) is 57.1 Å². The lowest BCUT2D eigenvalue weighted by Gasteiger charge is -2.50. The molecule has 2 N–H and O–H groups in total. The van der Waals surface area contributed by atoms with Crippen molar-refractivity contribution in [2.24, 2.45) is 0 Å². The summed E-state index contributed by atoms with van der Waals surface area (Å²) in [5.74, 6) is -1.22. The van der Waals surface area contributed by atoms with Crippen molar-refractivity contribution in [1.29, 1.82) is 0 Å². The first-order valence-electron chi connectivity index (χ1n) is 13.0. The Morgan fingerprint density at radius 1 is 1.02 bits per heavy atom. The number of thioether (sulfide) groups is 1. The van der Waals surface area contributed by atoms with Crippen molar-refractivity contribution in [3.63, 3.8) is 0 Å². The van der Waals surface area contributed by atoms with E-state index in [1.165, 1.54) is 16.7 Å². The van der Waals surface area contributed by atoms with E-state index in [-0.39, 0.29) is 5.70 Å². The van der Waals surface area contributed by atoms with Crippen LogP contribution in [0.25, 0.3) is 10.8 Å². The monoisotopic (exact) mass is 565 g/mol. The lowest BCUT2D eigenvalue weighted by Crippen LogP contribution is -2.71. The quantitative estimate of drug-likeness (QED) is 0.389. The number of amides is 3. The van der Waals surface area contributed by atoms with Crippen molar-refractivity contribution in [2.45, 2.75) is 70.2 Å². The Balaban J connectivity index is 1.58. The highest BCUT2D eigenvalue weighted by molar-refractivity contribution is 8.00. The van der Waals surface area contributed by atoms with Gasteiger partial charge in [-0.05, 0) is 69.5 Å². The Morgan fingerprint density at radius 3 is 2.30 bits per heavy atom. The van der Waals surface area contributed by atoms with E-state index in [9.17, 15) is 19.2 Å². The number of benzene rings is 2. The van der Waals surface area contributed by atoms with Gasteiger partial charge in [0.25, 0.3) is 5.91 Å². The maximum atomic E-state index is 13.6. The van der Waals surface area contributed by atoms with Crippen molar-refractivity contribution in [3.05, 3.63) is 72.0 Å². The molecule has 0 bridgehead atoms. The minimum atomic E-state index is -1.13. The van der Waals surface area contributed by atoms with E-state index in [0.29, 0.717) is 16.9 Å². The summed E-state index contributed by atoms with van der Waals surface area (Å²) in [5, 5.41) is 6.82. The average molecular weight is 566 g/mol. The Bertz CT molecular complexity index is 1400. The molecule has 10 heteroatoms. The maximum Gasteiger partial charge on any atom is 0.408 e. The molecule has 2 aromatic rings. The summed E-state index contributed by atoms with van der Waals surface area (Å²) in [6.07, 6.45) is 0.780. The van der Waals surface area contributed by atoms with Crippen LogP contribution in [0.15, 0.2) is 66.4 Å². The number of rotatable bonds is 6. The van der Waals surface area contributed by atoms with Gasteiger partial charge in [-0.15, -0.1) is 11.8 Å². The third kappa shape index (κ3) is 6.33. The SMILES string of the molecule is C=CC1=C(C(=O)OC(C)(C)C)N2C(=O)[C@@H](NC(=O)C(NC(=O)OC(C)(C)C)c3ccc4ccccc4c3)[C@H]2SC1. The Labute approximate surface area is 238 Å². The number of hydrogen-bond acceptors (Lipinski definition) is 7. The molecule has 9 nitrogen and oxygen atoms in total. The number of ether oxygens (including phenoxy) is 2. The topological polar surface area (TPSA) is 114 Å². The van der Waals surface area contributed by atoms with Crippen molar-refractivity contribution in [2.75, 3.05) is 5.75 Å². The van der Waals surface area contributed by atoms with Crippen LogP contribution in [0.3, 0.4) is 0 Å². The minimum Gasteiger partial charge on any atom is -0.455 e. The number of esters is 1. The zero-order valence-corrected chi connectivity index (χ0v) is 24.4. The summed E-state index contributed by atoms with van der Waals surface area (Å²) >= 11 is 1.41. The largest absolute Gasteiger partial charge is 0.455 e. The molecule has 2 aromatic carbocycles. The van der Waals surface area contributed by atoms with Crippen LogP contribution >= 0.6 is 11.8 Å². The molecule has 0 radical (unpaired) electrons. The van der Waals surface area contributed by atoms with Crippen LogP contribution < -0.4 is 10.6 Å². The van der Waals surface area contributed by atoms with Crippen LogP contribution in [0.1, 0.15) is 53.1 Å². The molecule has 0 spiro atoms. The minimum absolute atomic E-state index is 0.141. The van der Waals surface area contributed by atoms with E-state index < -0.39 is 52.5 Å². The van der Waals surface area contributed by atoms with Crippen LogP contribution in [0, 0.1) is 0 Å². The molecule has 1 unspecified atom stereocenters. The summed E-state index contributed by atoms with van der Waals surface area (Å²) in [6, 6.07) is 11.1. The van der Waals surface area contributed by atoms with Gasteiger partial charge >= 0.3 is 12.1 Å². The third-order valence-corrected chi connectivity index (χ3v) is 7.47. The highest BCUT2D eigenvalue weighted by Gasteiger charge is 2.54. The van der Waals surface area contributed by atoms with E-state index in [1.807, 2.05) is 36.4 Å². The van der Waals surface area contributed by atoms with E-state index in [0.717, 1.165) is 10.8 Å². The number of carbonyl (C=O) groups excluding carboxylic acids is 4. The summed E-state index contributed by atoms with van der Waals surface area (Å²) in [6.45, 7) is 14.2. The van der Waals surface area contributed by atoms with Gasteiger partial charge in [-0.25, -0.2) is 9.59 Å². The number of allylic oxidation sites excluding steroid dienone is 1. The van der Waals surface area contributed by atoms with Crippen molar-refractivity contribution in [3.8, 4) is 0 Å². The molecule has 3 amide bonds. The molecule has 212 valence electrons. The Hall–Kier alpha value is -3.79. The number of nitrogens with zero attached hydrogens (tertiary/aromatic N) is 1. The van der Waals surface area contributed by atoms with Crippen molar-refractivity contribution >= 4 is 46.4 Å². The predicted octanol–water partition coefficient (Wildman–Crippen LogP) is 4.59. The molecule has 2 aliphatic rings. The molecular weight excluding hydrogens is 530 g/mol. The van der Waals surface area contributed by atoms with Gasteiger partial charge in [0.2, 0.25) is 5.91 Å². The third-order valence-electron chi connectivity index (χ3n) is 6.16. The standard InChI is InChI=1S/C30H35N3O6S/c1-8-17-16-40-26-22(25(35)33(26)23(17)27(36)38-29(2,3)4)31-24(34)21(32-28(37)39-30(5,6)7)20-14-13-18-11-9-10-12-19(18)15-20/h8-15,21-22,26H,1,16H2,2-7H3,(H,31,34)(H,32,37)/t21?,22-,26-/m1/s1. The van der Waals surface area contributed by atoms with E-state index in [2.05, 4.69) is 17.2 Å². The van der Waals surface area contributed by atoms with Crippen LogP contribution in [-0.2, 0) is 23.9 Å². The fourth-order valence-corrected chi connectivity index (χ4v) is 5.80. The fourth-order valence-electron chi connectivity index (χ4n) is 4.46.